The molecule has 2 heteroatoms. The van der Waals surface area contributed by atoms with Gasteiger partial charge in [-0.05, 0) is 24.0 Å². The van der Waals surface area contributed by atoms with E-state index in [1.165, 1.54) is 16.5 Å². The molecule has 0 aromatic heterocycles. The number of hydrogen-bond donors (Lipinski definition) is 1. The molecule has 1 saturated carbocycles. The molecule has 0 amide bonds. The molecule has 13 heavy (non-hydrogen) atoms. The molecular formula is C11H14BrN. The molecule has 0 bridgehead atoms. The summed E-state index contributed by atoms with van der Waals surface area (Å²) in [6.45, 7) is 3.03. The van der Waals surface area contributed by atoms with Crippen LogP contribution in [0.1, 0.15) is 18.9 Å². The lowest BCUT2D eigenvalue weighted by atomic mass is 9.94. The van der Waals surface area contributed by atoms with E-state index in [-0.39, 0.29) is 5.41 Å². The van der Waals surface area contributed by atoms with Crippen molar-refractivity contribution in [1.29, 1.82) is 0 Å². The fourth-order valence-corrected chi connectivity index (χ4v) is 2.80. The highest BCUT2D eigenvalue weighted by molar-refractivity contribution is 9.10. The highest BCUT2D eigenvalue weighted by Crippen LogP contribution is 2.54. The van der Waals surface area contributed by atoms with Crippen molar-refractivity contribution in [2.24, 2.45) is 11.7 Å². The summed E-state index contributed by atoms with van der Waals surface area (Å²) in [4.78, 5) is 0. The van der Waals surface area contributed by atoms with Gasteiger partial charge in [0.25, 0.3) is 0 Å². The number of benzene rings is 1. The van der Waals surface area contributed by atoms with E-state index in [0.717, 1.165) is 12.5 Å². The van der Waals surface area contributed by atoms with Crippen molar-refractivity contribution >= 4 is 15.9 Å². The highest BCUT2D eigenvalue weighted by Gasteiger charge is 2.51. The van der Waals surface area contributed by atoms with E-state index in [1.54, 1.807) is 0 Å². The van der Waals surface area contributed by atoms with Crippen LogP contribution in [0.3, 0.4) is 0 Å². The Morgan fingerprint density at radius 1 is 1.54 bits per heavy atom. The minimum absolute atomic E-state index is 0.264. The lowest BCUT2D eigenvalue weighted by molar-refractivity contribution is 0.638. The van der Waals surface area contributed by atoms with Crippen molar-refractivity contribution in [2.45, 2.75) is 18.8 Å². The Morgan fingerprint density at radius 2 is 2.15 bits per heavy atom. The molecule has 70 valence electrons. The van der Waals surface area contributed by atoms with Crippen LogP contribution in [0.15, 0.2) is 28.7 Å². The van der Waals surface area contributed by atoms with E-state index in [2.05, 4.69) is 41.1 Å². The molecule has 2 N–H and O–H groups in total. The molecule has 1 aromatic carbocycles. The van der Waals surface area contributed by atoms with Crippen molar-refractivity contribution < 1.29 is 0 Å². The van der Waals surface area contributed by atoms with Crippen molar-refractivity contribution in [3.63, 3.8) is 0 Å². The Hall–Kier alpha value is -0.340. The SMILES string of the molecule is CC1CC1(CN)c1ccccc1Br. The van der Waals surface area contributed by atoms with Gasteiger partial charge in [0.1, 0.15) is 0 Å². The third-order valence-corrected chi connectivity index (χ3v) is 3.92. The van der Waals surface area contributed by atoms with Crippen molar-refractivity contribution in [3.8, 4) is 0 Å². The van der Waals surface area contributed by atoms with Crippen LogP contribution in [0, 0.1) is 5.92 Å². The summed E-state index contributed by atoms with van der Waals surface area (Å²) in [5, 5.41) is 0. The second kappa shape index (κ2) is 3.10. The van der Waals surface area contributed by atoms with E-state index >= 15 is 0 Å². The highest BCUT2D eigenvalue weighted by atomic mass is 79.9. The first-order valence-electron chi connectivity index (χ1n) is 4.66. The third kappa shape index (κ3) is 1.32. The van der Waals surface area contributed by atoms with Gasteiger partial charge in [-0.3, -0.25) is 0 Å². The lowest BCUT2D eigenvalue weighted by Crippen LogP contribution is -2.22. The van der Waals surface area contributed by atoms with Crippen LogP contribution in [-0.4, -0.2) is 6.54 Å². The molecule has 2 rings (SSSR count). The zero-order valence-electron chi connectivity index (χ0n) is 7.76. The molecule has 1 nitrogen and oxygen atoms in total. The van der Waals surface area contributed by atoms with Crippen molar-refractivity contribution in [3.05, 3.63) is 34.3 Å². The summed E-state index contributed by atoms with van der Waals surface area (Å²) in [6.07, 6.45) is 1.23. The molecule has 0 spiro atoms. The summed E-state index contributed by atoms with van der Waals surface area (Å²) in [5.41, 5.74) is 7.48. The van der Waals surface area contributed by atoms with Crippen LogP contribution in [0.2, 0.25) is 0 Å². The van der Waals surface area contributed by atoms with Gasteiger partial charge < -0.3 is 5.73 Å². The molecule has 1 aliphatic carbocycles. The maximum Gasteiger partial charge on any atom is 0.0213 e. The fraction of sp³-hybridized carbons (Fsp3) is 0.455. The summed E-state index contributed by atoms with van der Waals surface area (Å²) in [6, 6.07) is 8.41. The molecule has 2 atom stereocenters. The molecule has 1 fully saturated rings. The monoisotopic (exact) mass is 239 g/mol. The number of nitrogens with two attached hydrogens (primary N) is 1. The van der Waals surface area contributed by atoms with Gasteiger partial charge in [-0.2, -0.15) is 0 Å². The summed E-state index contributed by atoms with van der Waals surface area (Å²) in [7, 11) is 0. The fourth-order valence-electron chi connectivity index (χ4n) is 2.12. The largest absolute Gasteiger partial charge is 0.330 e. The van der Waals surface area contributed by atoms with Gasteiger partial charge in [0.2, 0.25) is 0 Å². The topological polar surface area (TPSA) is 26.0 Å². The predicted octanol–water partition coefficient (Wildman–Crippen LogP) is 2.69. The lowest BCUT2D eigenvalue weighted by Gasteiger charge is -2.16. The summed E-state index contributed by atoms with van der Waals surface area (Å²) >= 11 is 3.58. The maximum atomic E-state index is 5.84. The molecule has 0 saturated heterocycles. The number of halogens is 1. The van der Waals surface area contributed by atoms with E-state index in [9.17, 15) is 0 Å². The second-order valence-electron chi connectivity index (χ2n) is 3.95. The first-order valence-corrected chi connectivity index (χ1v) is 5.45. The van der Waals surface area contributed by atoms with E-state index in [1.807, 2.05) is 6.07 Å². The van der Waals surface area contributed by atoms with Crippen LogP contribution in [0.4, 0.5) is 0 Å². The summed E-state index contributed by atoms with van der Waals surface area (Å²) < 4.78 is 1.20. The van der Waals surface area contributed by atoms with E-state index < -0.39 is 0 Å². The Morgan fingerprint density at radius 3 is 2.62 bits per heavy atom. The van der Waals surface area contributed by atoms with Crippen molar-refractivity contribution in [2.75, 3.05) is 6.54 Å². The Balaban J connectivity index is 2.41. The Kier molecular flexibility index (Phi) is 2.20. The predicted molar refractivity (Wildman–Crippen MR) is 58.7 cm³/mol. The Bertz CT molecular complexity index is 320. The molecule has 1 aliphatic rings. The van der Waals surface area contributed by atoms with E-state index in [0.29, 0.717) is 0 Å². The standard InChI is InChI=1S/C11H14BrN/c1-8-6-11(8,7-13)9-4-2-3-5-10(9)12/h2-5,8H,6-7,13H2,1H3. The molecule has 0 heterocycles. The normalized spacial score (nSPS) is 31.8. The van der Waals surface area contributed by atoms with Crippen LogP contribution in [0.5, 0.6) is 0 Å². The quantitative estimate of drug-likeness (QED) is 0.844. The smallest absolute Gasteiger partial charge is 0.0213 e. The van der Waals surface area contributed by atoms with Gasteiger partial charge in [-0.15, -0.1) is 0 Å². The first-order chi connectivity index (χ1) is 6.20. The Labute approximate surface area is 87.5 Å². The average molecular weight is 240 g/mol. The third-order valence-electron chi connectivity index (χ3n) is 3.23. The van der Waals surface area contributed by atoms with Crippen LogP contribution in [0.25, 0.3) is 0 Å². The second-order valence-corrected chi connectivity index (χ2v) is 4.80. The van der Waals surface area contributed by atoms with E-state index in [4.69, 9.17) is 5.73 Å². The average Bonchev–Trinajstić information content (AvgIpc) is 2.79. The molecule has 0 aliphatic heterocycles. The van der Waals surface area contributed by atoms with Crippen LogP contribution in [-0.2, 0) is 5.41 Å². The zero-order valence-corrected chi connectivity index (χ0v) is 9.34. The molecule has 0 radical (unpaired) electrons. The number of hydrogen-bond acceptors (Lipinski definition) is 1. The van der Waals surface area contributed by atoms with Crippen molar-refractivity contribution in [1.82, 2.24) is 0 Å². The number of rotatable bonds is 2. The minimum Gasteiger partial charge on any atom is -0.330 e. The molecular weight excluding hydrogens is 226 g/mol. The van der Waals surface area contributed by atoms with Gasteiger partial charge in [-0.1, -0.05) is 41.1 Å². The van der Waals surface area contributed by atoms with Gasteiger partial charge in [-0.25, -0.2) is 0 Å². The van der Waals surface area contributed by atoms with Crippen LogP contribution >= 0.6 is 15.9 Å². The zero-order chi connectivity index (χ0) is 9.47. The maximum absolute atomic E-state index is 5.84. The first kappa shape index (κ1) is 9.22. The van der Waals surface area contributed by atoms with Crippen LogP contribution < -0.4 is 5.73 Å². The van der Waals surface area contributed by atoms with Gasteiger partial charge in [0.15, 0.2) is 0 Å². The molecule has 1 aromatic rings. The van der Waals surface area contributed by atoms with Gasteiger partial charge in [0, 0.05) is 16.4 Å². The minimum atomic E-state index is 0.264. The van der Waals surface area contributed by atoms with Gasteiger partial charge >= 0.3 is 0 Å². The summed E-state index contributed by atoms with van der Waals surface area (Å²) in [5.74, 6) is 0.733. The molecule has 2 unspecified atom stereocenters. The van der Waals surface area contributed by atoms with Gasteiger partial charge in [0.05, 0.1) is 0 Å².